The summed E-state index contributed by atoms with van der Waals surface area (Å²) < 4.78 is 25.7. The van der Waals surface area contributed by atoms with E-state index in [0.717, 1.165) is 23.6 Å². The van der Waals surface area contributed by atoms with Gasteiger partial charge in [0.1, 0.15) is 5.54 Å². The summed E-state index contributed by atoms with van der Waals surface area (Å²) in [5.41, 5.74) is -0.195. The van der Waals surface area contributed by atoms with Crippen LogP contribution in [-0.2, 0) is 21.4 Å². The molecule has 0 aromatic heterocycles. The predicted octanol–water partition coefficient (Wildman–Crippen LogP) is 1.94. The minimum absolute atomic E-state index is 0.0654. The van der Waals surface area contributed by atoms with Gasteiger partial charge in [-0.05, 0) is 36.5 Å². The van der Waals surface area contributed by atoms with Gasteiger partial charge in [0.2, 0.25) is 10.0 Å². The van der Waals surface area contributed by atoms with Crippen LogP contribution in [0.3, 0.4) is 0 Å². The summed E-state index contributed by atoms with van der Waals surface area (Å²) in [5.74, 6) is -0.103. The van der Waals surface area contributed by atoms with E-state index in [1.54, 1.807) is 12.1 Å². The molecule has 1 aliphatic carbocycles. The van der Waals surface area contributed by atoms with E-state index in [4.69, 9.17) is 0 Å². The SMILES string of the molecule is C[C@H]1CCCC[C@@]12NC(=O)N(Cc1cccc(S(=O)(=O)N(C)C)c1)C2=O. The fourth-order valence-electron chi connectivity index (χ4n) is 3.84. The Balaban J connectivity index is 1.86. The molecule has 2 atom stereocenters. The molecule has 1 saturated carbocycles. The number of carbonyl (C=O) groups excluding carboxylic acids is 2. The van der Waals surface area contributed by atoms with Crippen molar-refractivity contribution in [2.75, 3.05) is 14.1 Å². The normalized spacial score (nSPS) is 26.6. The lowest BCUT2D eigenvalue weighted by atomic mass is 9.73. The molecule has 1 spiro atoms. The molecule has 2 fully saturated rings. The topological polar surface area (TPSA) is 86.8 Å². The van der Waals surface area contributed by atoms with Gasteiger partial charge in [0.15, 0.2) is 0 Å². The summed E-state index contributed by atoms with van der Waals surface area (Å²) >= 11 is 0. The zero-order valence-electron chi connectivity index (χ0n) is 15.4. The Hall–Kier alpha value is -1.93. The number of hydrogen-bond acceptors (Lipinski definition) is 4. The van der Waals surface area contributed by atoms with Crippen molar-refractivity contribution in [1.82, 2.24) is 14.5 Å². The van der Waals surface area contributed by atoms with Crippen molar-refractivity contribution >= 4 is 22.0 Å². The zero-order valence-corrected chi connectivity index (χ0v) is 16.2. The number of urea groups is 1. The number of nitrogens with zero attached hydrogens (tertiary/aromatic N) is 2. The Kier molecular flexibility index (Phi) is 4.83. The minimum atomic E-state index is -3.57. The van der Waals surface area contributed by atoms with Gasteiger partial charge < -0.3 is 5.32 Å². The van der Waals surface area contributed by atoms with Gasteiger partial charge in [-0.1, -0.05) is 31.9 Å². The minimum Gasteiger partial charge on any atom is -0.323 e. The second-order valence-corrected chi connectivity index (χ2v) is 9.53. The van der Waals surface area contributed by atoms with Crippen molar-refractivity contribution < 1.29 is 18.0 Å². The standard InChI is InChI=1S/C18H25N3O4S/c1-13-7-4-5-10-18(13)16(22)21(17(23)19-18)12-14-8-6-9-15(11-14)26(24,25)20(2)3/h6,8-9,11,13H,4-5,7,10,12H2,1-3H3,(H,19,23)/t13-,18+/m0/s1. The van der Waals surface area contributed by atoms with Gasteiger partial charge in [-0.15, -0.1) is 0 Å². The highest BCUT2D eigenvalue weighted by molar-refractivity contribution is 7.89. The van der Waals surface area contributed by atoms with Crippen molar-refractivity contribution in [2.24, 2.45) is 5.92 Å². The molecule has 0 radical (unpaired) electrons. The maximum atomic E-state index is 13.0. The van der Waals surface area contributed by atoms with Crippen LogP contribution in [0.25, 0.3) is 0 Å². The molecule has 8 heteroatoms. The first-order chi connectivity index (χ1) is 12.2. The number of sulfonamides is 1. The third-order valence-electron chi connectivity index (χ3n) is 5.52. The van der Waals surface area contributed by atoms with Gasteiger partial charge in [0.25, 0.3) is 5.91 Å². The Morgan fingerprint density at radius 1 is 1.27 bits per heavy atom. The molecule has 26 heavy (non-hydrogen) atoms. The van der Waals surface area contributed by atoms with Gasteiger partial charge in [-0.25, -0.2) is 17.5 Å². The summed E-state index contributed by atoms with van der Waals surface area (Å²) in [6, 6.07) is 5.98. The summed E-state index contributed by atoms with van der Waals surface area (Å²) in [5, 5.41) is 2.91. The quantitative estimate of drug-likeness (QED) is 0.810. The summed E-state index contributed by atoms with van der Waals surface area (Å²) in [7, 11) is -0.635. The summed E-state index contributed by atoms with van der Waals surface area (Å²) in [6.45, 7) is 2.07. The van der Waals surface area contributed by atoms with E-state index in [2.05, 4.69) is 5.32 Å². The molecule has 1 saturated heterocycles. The maximum Gasteiger partial charge on any atom is 0.325 e. The van der Waals surface area contributed by atoms with Crippen molar-refractivity contribution in [3.05, 3.63) is 29.8 Å². The number of imide groups is 1. The molecule has 1 N–H and O–H groups in total. The number of hydrogen-bond donors (Lipinski definition) is 1. The molecule has 1 aromatic rings. The highest BCUT2D eigenvalue weighted by atomic mass is 32.2. The molecule has 3 amide bonds. The van der Waals surface area contributed by atoms with Crippen molar-refractivity contribution in [3.63, 3.8) is 0 Å². The third kappa shape index (κ3) is 3.01. The smallest absolute Gasteiger partial charge is 0.323 e. The average Bonchev–Trinajstić information content (AvgIpc) is 2.83. The Morgan fingerprint density at radius 2 is 2.00 bits per heavy atom. The predicted molar refractivity (Wildman–Crippen MR) is 96.8 cm³/mol. The third-order valence-corrected chi connectivity index (χ3v) is 7.33. The Morgan fingerprint density at radius 3 is 2.65 bits per heavy atom. The van der Waals surface area contributed by atoms with E-state index in [1.165, 1.54) is 31.1 Å². The molecule has 0 bridgehead atoms. The lowest BCUT2D eigenvalue weighted by Gasteiger charge is -2.36. The van der Waals surface area contributed by atoms with E-state index < -0.39 is 21.6 Å². The van der Waals surface area contributed by atoms with Crippen LogP contribution in [0, 0.1) is 5.92 Å². The first kappa shape index (κ1) is 18.8. The first-order valence-corrected chi connectivity index (χ1v) is 10.3. The van der Waals surface area contributed by atoms with Crippen LogP contribution in [0.2, 0.25) is 0 Å². The molecule has 2 aliphatic rings. The van der Waals surface area contributed by atoms with E-state index in [9.17, 15) is 18.0 Å². The molecule has 1 heterocycles. The van der Waals surface area contributed by atoms with Gasteiger partial charge in [0, 0.05) is 14.1 Å². The Bertz CT molecular complexity index is 837. The van der Waals surface area contributed by atoms with Crippen LogP contribution < -0.4 is 5.32 Å². The molecule has 1 aliphatic heterocycles. The fraction of sp³-hybridized carbons (Fsp3) is 0.556. The average molecular weight is 379 g/mol. The number of benzene rings is 1. The second kappa shape index (κ2) is 6.66. The maximum absolute atomic E-state index is 13.0. The van der Waals surface area contributed by atoms with Gasteiger partial charge in [-0.3, -0.25) is 9.69 Å². The van der Waals surface area contributed by atoms with E-state index in [0.29, 0.717) is 12.0 Å². The van der Waals surface area contributed by atoms with Gasteiger partial charge >= 0.3 is 6.03 Å². The number of nitrogens with one attached hydrogen (secondary N) is 1. The number of amides is 3. The van der Waals surface area contributed by atoms with E-state index in [1.807, 2.05) is 6.92 Å². The highest BCUT2D eigenvalue weighted by Crippen LogP contribution is 2.38. The Labute approximate surface area is 154 Å². The zero-order chi connectivity index (χ0) is 19.1. The fourth-order valence-corrected chi connectivity index (χ4v) is 4.81. The van der Waals surface area contributed by atoms with Crippen LogP contribution in [0.1, 0.15) is 38.2 Å². The molecule has 1 aromatic carbocycles. The molecule has 7 nitrogen and oxygen atoms in total. The molecule has 3 rings (SSSR count). The molecule has 0 unspecified atom stereocenters. The first-order valence-electron chi connectivity index (χ1n) is 8.84. The molecular formula is C18H25N3O4S. The summed E-state index contributed by atoms with van der Waals surface area (Å²) in [6.07, 6.45) is 3.55. The second-order valence-electron chi connectivity index (χ2n) is 7.37. The van der Waals surface area contributed by atoms with Crippen LogP contribution >= 0.6 is 0 Å². The van der Waals surface area contributed by atoms with Gasteiger partial charge in [0.05, 0.1) is 11.4 Å². The van der Waals surface area contributed by atoms with Crippen LogP contribution in [0.15, 0.2) is 29.2 Å². The number of carbonyl (C=O) groups is 2. The monoisotopic (exact) mass is 379 g/mol. The van der Waals surface area contributed by atoms with Gasteiger partial charge in [-0.2, -0.15) is 0 Å². The molecular weight excluding hydrogens is 354 g/mol. The largest absolute Gasteiger partial charge is 0.325 e. The lowest BCUT2D eigenvalue weighted by molar-refractivity contribution is -0.134. The van der Waals surface area contributed by atoms with E-state index >= 15 is 0 Å². The van der Waals surface area contributed by atoms with Crippen molar-refractivity contribution in [2.45, 2.75) is 49.6 Å². The molecule has 142 valence electrons. The van der Waals surface area contributed by atoms with E-state index in [-0.39, 0.29) is 23.3 Å². The van der Waals surface area contributed by atoms with Crippen molar-refractivity contribution in [1.29, 1.82) is 0 Å². The lowest BCUT2D eigenvalue weighted by Crippen LogP contribution is -2.53. The highest BCUT2D eigenvalue weighted by Gasteiger charge is 2.54. The summed E-state index contributed by atoms with van der Waals surface area (Å²) in [4.78, 5) is 26.8. The van der Waals surface area contributed by atoms with Crippen LogP contribution in [0.5, 0.6) is 0 Å². The van der Waals surface area contributed by atoms with Crippen LogP contribution in [0.4, 0.5) is 4.79 Å². The van der Waals surface area contributed by atoms with Crippen molar-refractivity contribution in [3.8, 4) is 0 Å². The number of rotatable bonds is 4. The van der Waals surface area contributed by atoms with Crippen LogP contribution in [-0.4, -0.2) is 49.2 Å².